The van der Waals surface area contributed by atoms with Crippen LogP contribution in [-0.4, -0.2) is 5.97 Å². The van der Waals surface area contributed by atoms with Gasteiger partial charge in [0.05, 0.1) is 5.92 Å². The van der Waals surface area contributed by atoms with E-state index in [1.54, 1.807) is 6.08 Å². The maximum absolute atomic E-state index is 12.8. The minimum Gasteiger partial charge on any atom is -0.461 e. The summed E-state index contributed by atoms with van der Waals surface area (Å²) in [5.74, 6) is 1.34. The average Bonchev–Trinajstić information content (AvgIpc) is 3.00. The van der Waals surface area contributed by atoms with Gasteiger partial charge >= 0.3 is 5.97 Å². The SMILES string of the molecule is CCC=CCc1oc(Cc2ccccc2)cc1OC(=O)C1C(C=C(Cl)Cl)C1(C)C. The highest BCUT2D eigenvalue weighted by molar-refractivity contribution is 6.55. The summed E-state index contributed by atoms with van der Waals surface area (Å²) in [6.45, 7) is 6.10. The summed E-state index contributed by atoms with van der Waals surface area (Å²) in [6.07, 6.45) is 7.98. The molecule has 2 atom stereocenters. The van der Waals surface area contributed by atoms with Gasteiger partial charge in [-0.1, -0.05) is 86.5 Å². The number of rotatable bonds is 8. The molecule has 1 aromatic heterocycles. The summed E-state index contributed by atoms with van der Waals surface area (Å²) in [5.41, 5.74) is 0.908. The van der Waals surface area contributed by atoms with Crippen LogP contribution in [0.2, 0.25) is 0 Å². The van der Waals surface area contributed by atoms with E-state index in [9.17, 15) is 4.79 Å². The number of halogens is 2. The molecule has 0 N–H and O–H groups in total. The molecular weight excluding hydrogens is 407 g/mol. The van der Waals surface area contributed by atoms with Gasteiger partial charge in [-0.05, 0) is 29.4 Å². The molecule has 0 amide bonds. The van der Waals surface area contributed by atoms with Crippen LogP contribution in [0.4, 0.5) is 0 Å². The van der Waals surface area contributed by atoms with Gasteiger partial charge < -0.3 is 9.15 Å². The minimum atomic E-state index is -0.279. The summed E-state index contributed by atoms with van der Waals surface area (Å²) in [7, 11) is 0. The van der Waals surface area contributed by atoms with Gasteiger partial charge in [-0.2, -0.15) is 0 Å². The van der Waals surface area contributed by atoms with Gasteiger partial charge in [-0.3, -0.25) is 4.79 Å². The van der Waals surface area contributed by atoms with Gasteiger partial charge in [0.15, 0.2) is 11.5 Å². The number of benzene rings is 1. The Morgan fingerprint density at radius 3 is 2.59 bits per heavy atom. The maximum atomic E-state index is 12.8. The van der Waals surface area contributed by atoms with Crippen LogP contribution >= 0.6 is 23.2 Å². The topological polar surface area (TPSA) is 39.4 Å². The number of hydrogen-bond donors (Lipinski definition) is 0. The van der Waals surface area contributed by atoms with Crippen molar-refractivity contribution < 1.29 is 13.9 Å². The molecule has 0 aliphatic heterocycles. The summed E-state index contributed by atoms with van der Waals surface area (Å²) in [5, 5.41) is 0. The van der Waals surface area contributed by atoms with Crippen molar-refractivity contribution in [2.45, 2.75) is 40.0 Å². The zero-order valence-electron chi connectivity index (χ0n) is 17.0. The van der Waals surface area contributed by atoms with Crippen LogP contribution in [-0.2, 0) is 17.6 Å². The molecular formula is C24H26Cl2O3. The van der Waals surface area contributed by atoms with E-state index >= 15 is 0 Å². The molecule has 0 radical (unpaired) electrons. The first-order valence-electron chi connectivity index (χ1n) is 9.88. The Morgan fingerprint density at radius 2 is 1.93 bits per heavy atom. The second-order valence-electron chi connectivity index (χ2n) is 7.95. The molecule has 1 heterocycles. The van der Waals surface area contributed by atoms with Crippen LogP contribution in [0.15, 0.2) is 63.5 Å². The lowest BCUT2D eigenvalue weighted by Gasteiger charge is -2.04. The Hall–Kier alpha value is -1.97. The molecule has 3 nitrogen and oxygen atoms in total. The van der Waals surface area contributed by atoms with E-state index in [1.807, 2.05) is 56.3 Å². The molecule has 5 heteroatoms. The smallest absolute Gasteiger partial charge is 0.315 e. The molecule has 3 rings (SSSR count). The molecule has 1 aliphatic carbocycles. The molecule has 154 valence electrons. The summed E-state index contributed by atoms with van der Waals surface area (Å²) in [6, 6.07) is 11.9. The molecule has 0 bridgehead atoms. The van der Waals surface area contributed by atoms with Crippen LogP contribution < -0.4 is 4.74 Å². The molecule has 1 aromatic carbocycles. The lowest BCUT2D eigenvalue weighted by molar-refractivity contribution is -0.136. The summed E-state index contributed by atoms with van der Waals surface area (Å²) in [4.78, 5) is 12.8. The van der Waals surface area contributed by atoms with Gasteiger partial charge in [-0.15, -0.1) is 0 Å². The van der Waals surface area contributed by atoms with Crippen LogP contribution in [0.25, 0.3) is 0 Å². The molecule has 1 aliphatic rings. The van der Waals surface area contributed by atoms with Crippen molar-refractivity contribution in [1.82, 2.24) is 0 Å². The van der Waals surface area contributed by atoms with E-state index in [-0.39, 0.29) is 27.7 Å². The van der Waals surface area contributed by atoms with Gasteiger partial charge in [-0.25, -0.2) is 0 Å². The van der Waals surface area contributed by atoms with Crippen LogP contribution in [0.1, 0.15) is 44.3 Å². The van der Waals surface area contributed by atoms with Crippen molar-refractivity contribution in [2.75, 3.05) is 0 Å². The average molecular weight is 433 g/mol. The number of carbonyl (C=O) groups excluding carboxylic acids is 1. The van der Waals surface area contributed by atoms with E-state index in [4.69, 9.17) is 32.4 Å². The number of hydrogen-bond acceptors (Lipinski definition) is 3. The second kappa shape index (κ2) is 9.23. The van der Waals surface area contributed by atoms with E-state index < -0.39 is 0 Å². The van der Waals surface area contributed by atoms with Crippen molar-refractivity contribution in [3.05, 3.63) is 76.2 Å². The van der Waals surface area contributed by atoms with Crippen molar-refractivity contribution >= 4 is 29.2 Å². The first-order chi connectivity index (χ1) is 13.8. The number of furan rings is 1. The number of ether oxygens (including phenoxy) is 1. The van der Waals surface area contributed by atoms with Crippen molar-refractivity contribution in [1.29, 1.82) is 0 Å². The van der Waals surface area contributed by atoms with E-state index in [0.717, 1.165) is 17.7 Å². The maximum Gasteiger partial charge on any atom is 0.315 e. The van der Waals surface area contributed by atoms with E-state index in [2.05, 4.69) is 13.0 Å². The van der Waals surface area contributed by atoms with Gasteiger partial charge in [0.1, 0.15) is 10.3 Å². The third-order valence-electron chi connectivity index (χ3n) is 5.43. The van der Waals surface area contributed by atoms with Crippen molar-refractivity contribution in [3.63, 3.8) is 0 Å². The Bertz CT molecular complexity index is 905. The fraction of sp³-hybridized carbons (Fsp3) is 0.375. The number of esters is 1. The first kappa shape index (κ1) is 21.7. The number of carbonyl (C=O) groups is 1. The largest absolute Gasteiger partial charge is 0.461 e. The zero-order chi connectivity index (χ0) is 21.0. The molecule has 1 saturated carbocycles. The fourth-order valence-corrected chi connectivity index (χ4v) is 3.95. The Labute approximate surface area is 182 Å². The Balaban J connectivity index is 1.78. The van der Waals surface area contributed by atoms with Crippen LogP contribution in [0.5, 0.6) is 5.75 Å². The fourth-order valence-electron chi connectivity index (χ4n) is 3.68. The molecule has 0 spiro atoms. The molecule has 29 heavy (non-hydrogen) atoms. The monoisotopic (exact) mass is 432 g/mol. The van der Waals surface area contributed by atoms with E-state index in [0.29, 0.717) is 24.4 Å². The molecule has 0 saturated heterocycles. The summed E-state index contributed by atoms with van der Waals surface area (Å²) < 4.78 is 12.0. The molecule has 1 fully saturated rings. The second-order valence-corrected chi connectivity index (χ2v) is 8.96. The third kappa shape index (κ3) is 5.34. The summed E-state index contributed by atoms with van der Waals surface area (Å²) >= 11 is 11.6. The predicted octanol–water partition coefficient (Wildman–Crippen LogP) is 6.88. The first-order valence-corrected chi connectivity index (χ1v) is 10.6. The molecule has 2 aromatic rings. The highest BCUT2D eigenvalue weighted by Crippen LogP contribution is 2.60. The highest BCUT2D eigenvalue weighted by atomic mass is 35.5. The van der Waals surface area contributed by atoms with Gasteiger partial charge in [0.25, 0.3) is 0 Å². The highest BCUT2D eigenvalue weighted by Gasteiger charge is 2.61. The van der Waals surface area contributed by atoms with Crippen LogP contribution in [0.3, 0.4) is 0 Å². The molecule has 2 unspecified atom stereocenters. The standard InChI is InChI=1S/C24H26Cl2O3/c1-4-5-7-12-19-20(14-17(28-19)13-16-10-8-6-9-11-16)29-23(27)22-18(15-21(25)26)24(22,2)3/h5-11,14-15,18,22H,4,12-13H2,1-3H3. The lowest BCUT2D eigenvalue weighted by atomic mass is 10.1. The quantitative estimate of drug-likeness (QED) is 0.337. The van der Waals surface area contributed by atoms with Gasteiger partial charge in [0, 0.05) is 18.9 Å². The van der Waals surface area contributed by atoms with E-state index in [1.165, 1.54) is 0 Å². The van der Waals surface area contributed by atoms with Gasteiger partial charge in [0.2, 0.25) is 0 Å². The minimum absolute atomic E-state index is 0.0286. The van der Waals surface area contributed by atoms with Crippen molar-refractivity contribution in [3.8, 4) is 5.75 Å². The lowest BCUT2D eigenvalue weighted by Crippen LogP contribution is -2.14. The Kier molecular flexibility index (Phi) is 6.92. The zero-order valence-corrected chi connectivity index (χ0v) is 18.5. The Morgan fingerprint density at radius 1 is 1.21 bits per heavy atom. The predicted molar refractivity (Wildman–Crippen MR) is 117 cm³/mol. The van der Waals surface area contributed by atoms with Crippen LogP contribution in [0, 0.1) is 17.3 Å². The third-order valence-corrected chi connectivity index (χ3v) is 5.68. The van der Waals surface area contributed by atoms with Crippen molar-refractivity contribution in [2.24, 2.45) is 17.3 Å². The normalized spacial score (nSPS) is 19.9. The number of allylic oxidation sites excluding steroid dienone is 3.